The van der Waals surface area contributed by atoms with E-state index in [-0.39, 0.29) is 23.1 Å². The van der Waals surface area contributed by atoms with Gasteiger partial charge in [0, 0.05) is 19.7 Å². The number of nitrogens with one attached hydrogen (secondary N) is 1. The average molecular weight is 568 g/mol. The van der Waals surface area contributed by atoms with Gasteiger partial charge in [0.15, 0.2) is 11.5 Å². The van der Waals surface area contributed by atoms with Crippen LogP contribution < -0.4 is 19.1 Å². The monoisotopic (exact) mass is 567 g/mol. The molecule has 3 aromatic rings. The largest absolute Gasteiger partial charge is 0.493 e. The maximum absolute atomic E-state index is 14.1. The number of sulfonamides is 1. The maximum Gasteiger partial charge on any atom is 0.264 e. The molecule has 40 heavy (non-hydrogen) atoms. The summed E-state index contributed by atoms with van der Waals surface area (Å²) in [6, 6.07) is 16.3. The molecule has 0 aromatic heterocycles. The summed E-state index contributed by atoms with van der Waals surface area (Å²) in [7, 11) is 0.123. The highest BCUT2D eigenvalue weighted by atomic mass is 32.2. The zero-order valence-corrected chi connectivity index (χ0v) is 24.8. The Morgan fingerprint density at radius 2 is 1.52 bits per heavy atom. The molecule has 0 aliphatic carbocycles. The van der Waals surface area contributed by atoms with E-state index in [1.54, 1.807) is 19.1 Å². The van der Waals surface area contributed by atoms with Gasteiger partial charge in [-0.2, -0.15) is 0 Å². The number of methoxy groups -OCH3 is 2. The molecule has 3 aromatic carbocycles. The predicted octanol–water partition coefficient (Wildman–Crippen LogP) is 3.99. The molecule has 3 rings (SSSR count). The number of hydrogen-bond donors (Lipinski definition) is 1. The van der Waals surface area contributed by atoms with Crippen molar-refractivity contribution in [2.45, 2.75) is 45.2 Å². The van der Waals surface area contributed by atoms with Gasteiger partial charge >= 0.3 is 0 Å². The summed E-state index contributed by atoms with van der Waals surface area (Å²) in [5.41, 5.74) is 3.82. The van der Waals surface area contributed by atoms with Crippen molar-refractivity contribution in [1.29, 1.82) is 0 Å². The molecule has 0 heterocycles. The van der Waals surface area contributed by atoms with Crippen LogP contribution in [0, 0.1) is 20.8 Å². The van der Waals surface area contributed by atoms with Gasteiger partial charge in [-0.15, -0.1) is 0 Å². The molecule has 0 fully saturated rings. The number of aryl methyl sites for hydroxylation is 3. The minimum atomic E-state index is -4.26. The van der Waals surface area contributed by atoms with Crippen LogP contribution in [-0.4, -0.2) is 59.0 Å². The molecule has 214 valence electrons. The lowest BCUT2D eigenvalue weighted by Crippen LogP contribution is -2.50. The maximum atomic E-state index is 14.1. The molecule has 0 radical (unpaired) electrons. The zero-order chi connectivity index (χ0) is 29.6. The molecule has 0 bridgehead atoms. The molecule has 0 aliphatic heterocycles. The van der Waals surface area contributed by atoms with Gasteiger partial charge in [-0.3, -0.25) is 13.9 Å². The Hall–Kier alpha value is -4.05. The number of benzene rings is 3. The SMILES string of the molecule is CNC(=O)[C@H](C)N(Cc1ccccc1C)C(=O)CN(c1cc(C)cc(C)c1)S(=O)(=O)c1ccc(OC)c(OC)c1. The molecule has 1 atom stereocenters. The minimum Gasteiger partial charge on any atom is -0.493 e. The van der Waals surface area contributed by atoms with Gasteiger partial charge in [0.05, 0.1) is 24.8 Å². The normalized spacial score (nSPS) is 11.9. The number of ether oxygens (including phenoxy) is 2. The number of hydrogen-bond acceptors (Lipinski definition) is 6. The number of carbonyl (C=O) groups is 2. The molecular weight excluding hydrogens is 530 g/mol. The van der Waals surface area contributed by atoms with Gasteiger partial charge < -0.3 is 19.7 Å². The Bertz CT molecular complexity index is 1470. The standard InChI is InChI=1S/C30H37N3O6S/c1-20-14-21(2)16-25(15-20)33(40(36,37)26-12-13-27(38-6)28(17-26)39-7)19-29(34)32(23(4)30(35)31-5)18-24-11-9-8-10-22(24)3/h8-17,23H,18-19H2,1-7H3,(H,31,35)/t23-/m0/s1. The topological polar surface area (TPSA) is 105 Å². The molecule has 0 saturated carbocycles. The predicted molar refractivity (Wildman–Crippen MR) is 155 cm³/mol. The Labute approximate surface area is 236 Å². The highest BCUT2D eigenvalue weighted by Gasteiger charge is 2.33. The number of anilines is 1. The van der Waals surface area contributed by atoms with Crippen LogP contribution in [0.2, 0.25) is 0 Å². The highest BCUT2D eigenvalue weighted by Crippen LogP contribution is 2.33. The minimum absolute atomic E-state index is 0.0677. The summed E-state index contributed by atoms with van der Waals surface area (Å²) in [5, 5.41) is 2.59. The summed E-state index contributed by atoms with van der Waals surface area (Å²) in [6.45, 7) is 6.88. The number of rotatable bonds is 11. The lowest BCUT2D eigenvalue weighted by Gasteiger charge is -2.32. The van der Waals surface area contributed by atoms with Crippen molar-refractivity contribution in [3.05, 3.63) is 82.9 Å². The van der Waals surface area contributed by atoms with E-state index in [0.717, 1.165) is 26.6 Å². The summed E-state index contributed by atoms with van der Waals surface area (Å²) < 4.78 is 40.0. The molecule has 10 heteroatoms. The summed E-state index contributed by atoms with van der Waals surface area (Å²) in [6.07, 6.45) is 0. The zero-order valence-electron chi connectivity index (χ0n) is 24.0. The average Bonchev–Trinajstić information content (AvgIpc) is 2.93. The lowest BCUT2D eigenvalue weighted by atomic mass is 10.1. The van der Waals surface area contributed by atoms with E-state index in [4.69, 9.17) is 9.47 Å². The van der Waals surface area contributed by atoms with Crippen LogP contribution in [0.25, 0.3) is 0 Å². The summed E-state index contributed by atoms with van der Waals surface area (Å²) >= 11 is 0. The van der Waals surface area contributed by atoms with Crippen molar-refractivity contribution >= 4 is 27.5 Å². The third kappa shape index (κ3) is 6.74. The fourth-order valence-corrected chi connectivity index (χ4v) is 5.90. The first-order valence-corrected chi connectivity index (χ1v) is 14.3. The Balaban J connectivity index is 2.12. The van der Waals surface area contributed by atoms with E-state index in [9.17, 15) is 18.0 Å². The quantitative estimate of drug-likeness (QED) is 0.376. The van der Waals surface area contributed by atoms with Crippen LogP contribution in [0.3, 0.4) is 0 Å². The van der Waals surface area contributed by atoms with Gasteiger partial charge in [-0.25, -0.2) is 8.42 Å². The molecule has 0 aliphatic rings. The summed E-state index contributed by atoms with van der Waals surface area (Å²) in [4.78, 5) is 28.0. The third-order valence-electron chi connectivity index (χ3n) is 6.73. The second-order valence-electron chi connectivity index (χ2n) is 9.61. The van der Waals surface area contributed by atoms with E-state index in [1.807, 2.05) is 51.1 Å². The lowest BCUT2D eigenvalue weighted by molar-refractivity contribution is -0.139. The first-order valence-electron chi connectivity index (χ1n) is 12.8. The van der Waals surface area contributed by atoms with E-state index >= 15 is 0 Å². The van der Waals surface area contributed by atoms with Crippen molar-refractivity contribution in [3.63, 3.8) is 0 Å². The van der Waals surface area contributed by atoms with Crippen LogP contribution in [0.5, 0.6) is 11.5 Å². The smallest absolute Gasteiger partial charge is 0.264 e. The van der Waals surface area contributed by atoms with E-state index in [2.05, 4.69) is 5.32 Å². The Morgan fingerprint density at radius 1 is 0.900 bits per heavy atom. The fourth-order valence-electron chi connectivity index (χ4n) is 4.49. The van der Waals surface area contributed by atoms with Gasteiger partial charge in [-0.05, 0) is 74.2 Å². The third-order valence-corrected chi connectivity index (χ3v) is 8.50. The molecule has 9 nitrogen and oxygen atoms in total. The Morgan fingerprint density at radius 3 is 2.10 bits per heavy atom. The van der Waals surface area contributed by atoms with Crippen molar-refractivity contribution in [2.24, 2.45) is 0 Å². The van der Waals surface area contributed by atoms with Crippen LogP contribution >= 0.6 is 0 Å². The molecular formula is C30H37N3O6S. The molecule has 0 unspecified atom stereocenters. The number of amides is 2. The van der Waals surface area contributed by atoms with Gasteiger partial charge in [0.1, 0.15) is 12.6 Å². The Kier molecular flexibility index (Phi) is 9.81. The van der Waals surface area contributed by atoms with E-state index in [0.29, 0.717) is 11.4 Å². The molecule has 0 spiro atoms. The van der Waals surface area contributed by atoms with Crippen molar-refractivity contribution in [3.8, 4) is 11.5 Å². The molecule has 0 saturated heterocycles. The van der Waals surface area contributed by atoms with Crippen LogP contribution in [-0.2, 0) is 26.2 Å². The number of nitrogens with zero attached hydrogens (tertiary/aromatic N) is 2. The number of carbonyl (C=O) groups excluding carboxylic acids is 2. The molecule has 1 N–H and O–H groups in total. The van der Waals surface area contributed by atoms with Gasteiger partial charge in [0.25, 0.3) is 10.0 Å². The van der Waals surface area contributed by atoms with Gasteiger partial charge in [0.2, 0.25) is 11.8 Å². The first kappa shape index (κ1) is 30.5. The second-order valence-corrected chi connectivity index (χ2v) is 11.5. The first-order chi connectivity index (χ1) is 18.9. The number of likely N-dealkylation sites (N-methyl/N-ethyl adjacent to an activating group) is 1. The summed E-state index contributed by atoms with van der Waals surface area (Å²) in [5.74, 6) is -0.269. The van der Waals surface area contributed by atoms with Gasteiger partial charge in [-0.1, -0.05) is 30.3 Å². The second kappa shape index (κ2) is 12.9. The van der Waals surface area contributed by atoms with Crippen LogP contribution in [0.4, 0.5) is 5.69 Å². The van der Waals surface area contributed by atoms with Crippen molar-refractivity contribution < 1.29 is 27.5 Å². The van der Waals surface area contributed by atoms with E-state index in [1.165, 1.54) is 44.4 Å². The van der Waals surface area contributed by atoms with Crippen molar-refractivity contribution in [1.82, 2.24) is 10.2 Å². The fraction of sp³-hybridized carbons (Fsp3) is 0.333. The van der Waals surface area contributed by atoms with E-state index < -0.39 is 28.5 Å². The van der Waals surface area contributed by atoms with Crippen molar-refractivity contribution in [2.75, 3.05) is 32.1 Å². The van der Waals surface area contributed by atoms with Crippen LogP contribution in [0.15, 0.2) is 65.6 Å². The highest BCUT2D eigenvalue weighted by molar-refractivity contribution is 7.92. The molecule has 2 amide bonds. The van der Waals surface area contributed by atoms with Crippen LogP contribution in [0.1, 0.15) is 29.2 Å².